The lowest BCUT2D eigenvalue weighted by molar-refractivity contribution is -0.118. The monoisotopic (exact) mass is 518 g/mol. The van der Waals surface area contributed by atoms with Crippen LogP contribution >= 0.6 is 27.3 Å². The highest BCUT2D eigenvalue weighted by Gasteiger charge is 2.13. The second-order valence-electron chi connectivity index (χ2n) is 8.08. The molecule has 1 aromatic heterocycles. The molecule has 0 fully saturated rings. The first kappa shape index (κ1) is 21.9. The lowest BCUT2D eigenvalue weighted by Crippen LogP contribution is -2.20. The van der Waals surface area contributed by atoms with E-state index >= 15 is 0 Å². The van der Waals surface area contributed by atoms with Gasteiger partial charge >= 0.3 is 0 Å². The van der Waals surface area contributed by atoms with Crippen LogP contribution in [-0.4, -0.2) is 17.5 Å². The number of thiazole rings is 1. The zero-order valence-corrected chi connectivity index (χ0v) is 20.4. The molecule has 1 amide bonds. The predicted molar refractivity (Wildman–Crippen MR) is 138 cm³/mol. The number of aryl methyl sites for hydroxylation is 2. The molecule has 0 radical (unpaired) electrons. The lowest BCUT2D eigenvalue weighted by atomic mass is 9.90. The summed E-state index contributed by atoms with van der Waals surface area (Å²) in [7, 11) is 0. The summed E-state index contributed by atoms with van der Waals surface area (Å²) in [5, 5.41) is 5.41. The molecule has 6 heteroatoms. The Kier molecular flexibility index (Phi) is 6.55. The van der Waals surface area contributed by atoms with Crippen LogP contribution in [0.5, 0.6) is 5.75 Å². The molecule has 0 saturated carbocycles. The summed E-state index contributed by atoms with van der Waals surface area (Å²) in [4.78, 5) is 17.0. The molecule has 0 bridgehead atoms. The topological polar surface area (TPSA) is 51.2 Å². The zero-order chi connectivity index (χ0) is 22.6. The average molecular weight is 519 g/mol. The van der Waals surface area contributed by atoms with E-state index in [1.165, 1.54) is 41.7 Å². The molecule has 3 aromatic carbocycles. The normalized spacial score (nSPS) is 12.8. The average Bonchev–Trinajstić information content (AvgIpc) is 3.32. The van der Waals surface area contributed by atoms with Crippen molar-refractivity contribution in [1.29, 1.82) is 0 Å². The summed E-state index contributed by atoms with van der Waals surface area (Å²) in [6.45, 7) is -0.0863. The van der Waals surface area contributed by atoms with Gasteiger partial charge in [-0.3, -0.25) is 10.1 Å². The third-order valence-corrected chi connectivity index (χ3v) is 7.17. The minimum atomic E-state index is -0.236. The van der Waals surface area contributed by atoms with Crippen molar-refractivity contribution in [1.82, 2.24) is 4.98 Å². The molecule has 1 aliphatic carbocycles. The number of halogens is 1. The molecule has 4 nitrogen and oxygen atoms in total. The minimum Gasteiger partial charge on any atom is -0.483 e. The van der Waals surface area contributed by atoms with E-state index in [9.17, 15) is 4.79 Å². The third kappa shape index (κ3) is 5.18. The number of hydrogen-bond acceptors (Lipinski definition) is 4. The van der Waals surface area contributed by atoms with Gasteiger partial charge in [0.05, 0.1) is 10.2 Å². The fourth-order valence-electron chi connectivity index (χ4n) is 4.08. The Hall–Kier alpha value is -2.96. The van der Waals surface area contributed by atoms with Gasteiger partial charge in [0.15, 0.2) is 11.7 Å². The van der Waals surface area contributed by atoms with Crippen molar-refractivity contribution < 1.29 is 9.53 Å². The van der Waals surface area contributed by atoms with Crippen LogP contribution in [0.3, 0.4) is 0 Å². The first-order valence-electron chi connectivity index (χ1n) is 11.0. The van der Waals surface area contributed by atoms with E-state index in [4.69, 9.17) is 4.74 Å². The maximum atomic E-state index is 12.4. The maximum absolute atomic E-state index is 12.4. The number of nitrogens with zero attached hydrogens (tertiary/aromatic N) is 1. The predicted octanol–water partition coefficient (Wildman–Crippen LogP) is 7.14. The number of carbonyl (C=O) groups excluding carboxylic acids is 1. The number of anilines is 1. The van der Waals surface area contributed by atoms with Crippen LogP contribution in [0.2, 0.25) is 0 Å². The molecule has 0 unspecified atom stereocenters. The summed E-state index contributed by atoms with van der Waals surface area (Å²) in [5.41, 5.74) is 7.08. The number of benzene rings is 3. The Balaban J connectivity index is 1.20. The fraction of sp³-hybridized carbons (Fsp3) is 0.185. The van der Waals surface area contributed by atoms with Gasteiger partial charge in [-0.1, -0.05) is 48.5 Å². The maximum Gasteiger partial charge on any atom is 0.264 e. The Bertz CT molecular complexity index is 1290. The van der Waals surface area contributed by atoms with Crippen molar-refractivity contribution >= 4 is 38.3 Å². The molecule has 0 spiro atoms. The van der Waals surface area contributed by atoms with E-state index in [-0.39, 0.29) is 12.5 Å². The lowest BCUT2D eigenvalue weighted by Gasteiger charge is -2.16. The van der Waals surface area contributed by atoms with Crippen molar-refractivity contribution in [3.8, 4) is 28.1 Å². The molecular weight excluding hydrogens is 496 g/mol. The highest BCUT2D eigenvalue weighted by molar-refractivity contribution is 9.10. The molecule has 4 aromatic rings. The van der Waals surface area contributed by atoms with Crippen LogP contribution in [0, 0.1) is 0 Å². The van der Waals surface area contributed by atoms with Gasteiger partial charge in [-0.05, 0) is 82.1 Å². The molecule has 1 heterocycles. The van der Waals surface area contributed by atoms with Crippen molar-refractivity contribution in [2.24, 2.45) is 0 Å². The van der Waals surface area contributed by atoms with Crippen molar-refractivity contribution in [2.75, 3.05) is 11.9 Å². The summed E-state index contributed by atoms with van der Waals surface area (Å²) in [6, 6.07) is 22.6. The Morgan fingerprint density at radius 3 is 2.55 bits per heavy atom. The van der Waals surface area contributed by atoms with Crippen molar-refractivity contribution in [3.05, 3.63) is 87.7 Å². The van der Waals surface area contributed by atoms with Crippen LogP contribution in [0.1, 0.15) is 24.0 Å². The Morgan fingerprint density at radius 2 is 1.73 bits per heavy atom. The third-order valence-electron chi connectivity index (χ3n) is 5.79. The van der Waals surface area contributed by atoms with E-state index in [1.807, 2.05) is 41.8 Å². The highest BCUT2D eigenvalue weighted by Crippen LogP contribution is 2.31. The zero-order valence-electron chi connectivity index (χ0n) is 18.0. The van der Waals surface area contributed by atoms with Crippen molar-refractivity contribution in [3.63, 3.8) is 0 Å². The van der Waals surface area contributed by atoms with Crippen LogP contribution < -0.4 is 10.1 Å². The quantitative estimate of drug-likeness (QED) is 0.295. The number of fused-ring (bicyclic) bond motifs is 1. The van der Waals surface area contributed by atoms with Gasteiger partial charge in [-0.15, -0.1) is 11.3 Å². The Morgan fingerprint density at radius 1 is 0.939 bits per heavy atom. The molecule has 33 heavy (non-hydrogen) atoms. The largest absolute Gasteiger partial charge is 0.483 e. The molecule has 166 valence electrons. The van der Waals surface area contributed by atoms with Gasteiger partial charge in [-0.2, -0.15) is 0 Å². The highest BCUT2D eigenvalue weighted by atomic mass is 79.9. The summed E-state index contributed by atoms with van der Waals surface area (Å²) in [6.07, 6.45) is 4.82. The number of hydrogen-bond donors (Lipinski definition) is 1. The van der Waals surface area contributed by atoms with Crippen molar-refractivity contribution in [2.45, 2.75) is 25.7 Å². The van der Waals surface area contributed by atoms with Crippen LogP contribution in [0.15, 0.2) is 76.6 Å². The molecule has 0 saturated heterocycles. The van der Waals surface area contributed by atoms with Gasteiger partial charge < -0.3 is 4.74 Å². The number of carbonyl (C=O) groups is 1. The SMILES string of the molecule is O=C(COc1ccc(-c2ccccc2)cc1Br)Nc1nc(-c2ccc3c(c2)CCCC3)cs1. The summed E-state index contributed by atoms with van der Waals surface area (Å²) < 4.78 is 6.54. The standard InChI is InChI=1S/C27H23BrN2O2S/c28-23-15-21(18-6-2-1-3-7-18)12-13-25(23)32-16-26(31)30-27-29-24(17-33-27)22-11-10-19-8-4-5-9-20(19)14-22/h1-3,6-7,10-15,17H,4-5,8-9,16H2,(H,29,30,31). The smallest absolute Gasteiger partial charge is 0.264 e. The molecular formula is C27H23BrN2O2S. The van der Waals surface area contributed by atoms with Crippen LogP contribution in [0.25, 0.3) is 22.4 Å². The number of rotatable bonds is 6. The molecule has 0 aliphatic heterocycles. The fourth-order valence-corrected chi connectivity index (χ4v) is 5.31. The van der Waals surface area contributed by atoms with Gasteiger partial charge in [0.1, 0.15) is 5.75 Å². The number of ether oxygens (including phenoxy) is 1. The van der Waals surface area contributed by atoms with E-state index < -0.39 is 0 Å². The summed E-state index contributed by atoms with van der Waals surface area (Å²) in [5.74, 6) is 0.388. The summed E-state index contributed by atoms with van der Waals surface area (Å²) >= 11 is 4.98. The van der Waals surface area contributed by atoms with Crippen LogP contribution in [-0.2, 0) is 17.6 Å². The van der Waals surface area contributed by atoms with E-state index in [0.29, 0.717) is 10.9 Å². The number of nitrogens with one attached hydrogen (secondary N) is 1. The minimum absolute atomic E-state index is 0.0863. The van der Waals surface area contributed by atoms with Gasteiger partial charge in [0.2, 0.25) is 0 Å². The van der Waals surface area contributed by atoms with E-state index in [2.05, 4.69) is 56.6 Å². The number of amides is 1. The van der Waals surface area contributed by atoms with Gasteiger partial charge in [-0.25, -0.2) is 4.98 Å². The second-order valence-corrected chi connectivity index (χ2v) is 9.79. The first-order valence-corrected chi connectivity index (χ1v) is 12.7. The molecule has 1 N–H and O–H groups in total. The van der Waals surface area contributed by atoms with Crippen LogP contribution in [0.4, 0.5) is 5.13 Å². The molecule has 5 rings (SSSR count). The molecule has 1 aliphatic rings. The molecule has 0 atom stereocenters. The Labute approximate surface area is 205 Å². The number of aromatic nitrogens is 1. The van der Waals surface area contributed by atoms with Gasteiger partial charge in [0.25, 0.3) is 5.91 Å². The second kappa shape index (κ2) is 9.89. The first-order chi connectivity index (χ1) is 16.2. The van der Waals surface area contributed by atoms with E-state index in [1.54, 1.807) is 0 Å². The van der Waals surface area contributed by atoms with E-state index in [0.717, 1.165) is 33.3 Å². The van der Waals surface area contributed by atoms with Gasteiger partial charge in [0, 0.05) is 10.9 Å².